The van der Waals surface area contributed by atoms with Crippen LogP contribution in [0.2, 0.25) is 0 Å². The minimum atomic E-state index is 1.01. The zero-order chi connectivity index (χ0) is 21.4. The summed E-state index contributed by atoms with van der Waals surface area (Å²) in [5.41, 5.74) is 4.61. The molecule has 0 radical (unpaired) electrons. The maximum atomic E-state index is 3.56. The van der Waals surface area contributed by atoms with Crippen molar-refractivity contribution in [3.8, 4) is 0 Å². The molecule has 30 heavy (non-hydrogen) atoms. The Morgan fingerprint density at radius 1 is 0.500 bits per heavy atom. The SMILES string of the molecule is [SiH3]NNCCCCCCCCCCCCCCCCCCCNCc1ccccc1. The molecule has 0 saturated heterocycles. The summed E-state index contributed by atoms with van der Waals surface area (Å²) in [6.45, 7) is 3.30. The molecule has 0 atom stereocenters. The normalized spacial score (nSPS) is 11.3. The lowest BCUT2D eigenvalue weighted by atomic mass is 10.0. The van der Waals surface area contributed by atoms with Crippen LogP contribution in [0.15, 0.2) is 30.3 Å². The van der Waals surface area contributed by atoms with E-state index in [1.807, 2.05) is 0 Å². The number of unbranched alkanes of at least 4 members (excludes halogenated alkanes) is 16. The van der Waals surface area contributed by atoms with Crippen LogP contribution in [0.3, 0.4) is 0 Å². The van der Waals surface area contributed by atoms with Crippen molar-refractivity contribution in [1.29, 1.82) is 0 Å². The first-order chi connectivity index (χ1) is 14.9. The van der Waals surface area contributed by atoms with E-state index in [1.165, 1.54) is 115 Å². The van der Waals surface area contributed by atoms with Crippen LogP contribution in [0.1, 0.15) is 115 Å². The molecule has 0 unspecified atom stereocenters. The van der Waals surface area contributed by atoms with E-state index in [4.69, 9.17) is 0 Å². The second-order valence-electron chi connectivity index (χ2n) is 8.85. The number of nitrogens with one attached hydrogen (secondary N) is 3. The van der Waals surface area contributed by atoms with Gasteiger partial charge in [-0.05, 0) is 24.9 Å². The summed E-state index contributed by atoms with van der Waals surface area (Å²) in [5, 5.41) is 6.68. The molecule has 0 amide bonds. The molecule has 3 N–H and O–H groups in total. The fraction of sp³-hybridized carbons (Fsp3) is 0.769. The van der Waals surface area contributed by atoms with E-state index in [9.17, 15) is 0 Å². The molecule has 0 heterocycles. The molecule has 1 rings (SSSR count). The van der Waals surface area contributed by atoms with Gasteiger partial charge >= 0.3 is 0 Å². The highest BCUT2D eigenvalue weighted by Crippen LogP contribution is 2.14. The molecule has 1 aromatic carbocycles. The van der Waals surface area contributed by atoms with Gasteiger partial charge in [0.15, 0.2) is 0 Å². The predicted octanol–water partition coefficient (Wildman–Crippen LogP) is 5.78. The van der Waals surface area contributed by atoms with Gasteiger partial charge in [0.1, 0.15) is 0 Å². The van der Waals surface area contributed by atoms with Crippen molar-refractivity contribution in [2.24, 2.45) is 0 Å². The van der Waals surface area contributed by atoms with Crippen LogP contribution < -0.4 is 15.8 Å². The molecule has 0 aliphatic heterocycles. The van der Waals surface area contributed by atoms with E-state index in [0.717, 1.165) is 30.0 Å². The van der Waals surface area contributed by atoms with Gasteiger partial charge in [-0.1, -0.05) is 127 Å². The highest BCUT2D eigenvalue weighted by molar-refractivity contribution is 6.03. The zero-order valence-electron chi connectivity index (χ0n) is 20.0. The number of rotatable bonds is 23. The molecule has 0 aliphatic carbocycles. The fourth-order valence-electron chi connectivity index (χ4n) is 4.07. The summed E-state index contributed by atoms with van der Waals surface area (Å²) in [4.78, 5) is 0. The molecule has 0 bridgehead atoms. The third kappa shape index (κ3) is 19.3. The minimum absolute atomic E-state index is 1.01. The number of benzene rings is 1. The van der Waals surface area contributed by atoms with Crippen molar-refractivity contribution < 1.29 is 0 Å². The third-order valence-corrected chi connectivity index (χ3v) is 6.36. The predicted molar refractivity (Wildman–Crippen MR) is 138 cm³/mol. The van der Waals surface area contributed by atoms with Crippen LogP contribution >= 0.6 is 0 Å². The number of hydrogen-bond acceptors (Lipinski definition) is 3. The summed E-state index contributed by atoms with van der Waals surface area (Å²) in [5.74, 6) is 0. The smallest absolute Gasteiger partial charge is 0.0942 e. The van der Waals surface area contributed by atoms with Gasteiger partial charge in [0.25, 0.3) is 0 Å². The Morgan fingerprint density at radius 3 is 1.33 bits per heavy atom. The largest absolute Gasteiger partial charge is 0.313 e. The number of hydrogen-bond donors (Lipinski definition) is 3. The third-order valence-electron chi connectivity index (χ3n) is 6.00. The maximum absolute atomic E-state index is 3.56. The Bertz CT molecular complexity index is 441. The topological polar surface area (TPSA) is 36.1 Å². The quantitative estimate of drug-likeness (QED) is 0.116. The van der Waals surface area contributed by atoms with E-state index in [-0.39, 0.29) is 0 Å². The van der Waals surface area contributed by atoms with Gasteiger partial charge in [-0.3, -0.25) is 10.5 Å². The average molecular weight is 434 g/mol. The van der Waals surface area contributed by atoms with Crippen LogP contribution in [0.5, 0.6) is 0 Å². The van der Waals surface area contributed by atoms with E-state index in [2.05, 4.69) is 46.2 Å². The second-order valence-corrected chi connectivity index (χ2v) is 9.35. The molecule has 4 heteroatoms. The molecule has 0 aromatic heterocycles. The lowest BCUT2D eigenvalue weighted by molar-refractivity contribution is 0.519. The van der Waals surface area contributed by atoms with Crippen molar-refractivity contribution in [2.75, 3.05) is 13.1 Å². The van der Waals surface area contributed by atoms with Gasteiger partial charge in [0.05, 0.1) is 10.4 Å². The maximum Gasteiger partial charge on any atom is 0.0942 e. The molecule has 0 spiro atoms. The second kappa shape index (κ2) is 23.0. The lowest BCUT2D eigenvalue weighted by Crippen LogP contribution is -2.29. The molecule has 174 valence electrons. The van der Waals surface area contributed by atoms with Gasteiger partial charge in [0, 0.05) is 13.1 Å². The standard InChI is InChI=1S/C26H51N3Si/c30-29-28-24-20-15-13-11-9-7-5-3-1-2-4-6-8-10-12-14-19-23-27-25-26-21-17-16-18-22-26/h16-18,21-22,27-29H,1-15,19-20,23-25H2,30H3. The van der Waals surface area contributed by atoms with Crippen molar-refractivity contribution in [3.05, 3.63) is 35.9 Å². The van der Waals surface area contributed by atoms with Crippen molar-refractivity contribution in [3.63, 3.8) is 0 Å². The van der Waals surface area contributed by atoms with Crippen molar-refractivity contribution in [2.45, 2.75) is 116 Å². The van der Waals surface area contributed by atoms with Crippen molar-refractivity contribution in [1.82, 2.24) is 15.8 Å². The van der Waals surface area contributed by atoms with Gasteiger partial charge in [-0.2, -0.15) is 0 Å². The van der Waals surface area contributed by atoms with Crippen LogP contribution in [0, 0.1) is 0 Å². The summed E-state index contributed by atoms with van der Waals surface area (Å²) in [7, 11) is 1.04. The van der Waals surface area contributed by atoms with Crippen molar-refractivity contribution >= 4 is 10.4 Å². The van der Waals surface area contributed by atoms with E-state index in [0.29, 0.717) is 0 Å². The first kappa shape index (κ1) is 27.4. The van der Waals surface area contributed by atoms with E-state index in [1.54, 1.807) is 0 Å². The summed E-state index contributed by atoms with van der Waals surface area (Å²) < 4.78 is 0. The monoisotopic (exact) mass is 433 g/mol. The Kier molecular flexibility index (Phi) is 21.0. The van der Waals surface area contributed by atoms with Gasteiger partial charge in [0.2, 0.25) is 0 Å². The fourth-order valence-corrected chi connectivity index (χ4v) is 4.32. The van der Waals surface area contributed by atoms with E-state index < -0.39 is 0 Å². The van der Waals surface area contributed by atoms with Crippen LogP contribution in [-0.4, -0.2) is 23.5 Å². The Morgan fingerprint density at radius 2 is 0.900 bits per heavy atom. The molecule has 0 aliphatic rings. The molecule has 1 aromatic rings. The van der Waals surface area contributed by atoms with E-state index >= 15 is 0 Å². The molecular formula is C26H51N3Si. The molecule has 0 fully saturated rings. The minimum Gasteiger partial charge on any atom is -0.313 e. The Labute approximate surface area is 191 Å². The summed E-state index contributed by atoms with van der Waals surface area (Å²) in [6.07, 6.45) is 24.3. The first-order valence-corrected chi connectivity index (χ1v) is 14.1. The molecule has 0 saturated carbocycles. The first-order valence-electron chi connectivity index (χ1n) is 13.1. The van der Waals surface area contributed by atoms with Crippen LogP contribution in [-0.2, 0) is 6.54 Å². The average Bonchev–Trinajstić information content (AvgIpc) is 2.78. The lowest BCUT2D eigenvalue weighted by Gasteiger charge is -2.05. The summed E-state index contributed by atoms with van der Waals surface area (Å²) >= 11 is 0. The summed E-state index contributed by atoms with van der Waals surface area (Å²) in [6, 6.07) is 10.7. The van der Waals surface area contributed by atoms with Gasteiger partial charge < -0.3 is 5.32 Å². The highest BCUT2D eigenvalue weighted by Gasteiger charge is 1.96. The Hall–Kier alpha value is -0.683. The van der Waals surface area contributed by atoms with Gasteiger partial charge in [-0.15, -0.1) is 0 Å². The molecule has 3 nitrogen and oxygen atoms in total. The molecular weight excluding hydrogens is 382 g/mol. The van der Waals surface area contributed by atoms with Gasteiger partial charge in [-0.25, -0.2) is 0 Å². The number of hydrazine groups is 1. The van der Waals surface area contributed by atoms with Crippen LogP contribution in [0.25, 0.3) is 0 Å². The zero-order valence-corrected chi connectivity index (χ0v) is 22.0. The van der Waals surface area contributed by atoms with Crippen LogP contribution in [0.4, 0.5) is 0 Å². The Balaban J connectivity index is 1.65. The highest BCUT2D eigenvalue weighted by atomic mass is 28.2.